The maximum absolute atomic E-state index is 7.97. The zero-order chi connectivity index (χ0) is 35.4. The molecule has 0 aliphatic rings. The molecule has 2 aromatic heterocycles. The third-order valence-electron chi connectivity index (χ3n) is 8.05. The van der Waals surface area contributed by atoms with Crippen LogP contribution in [0.25, 0.3) is 21.8 Å². The molecule has 248 valence electrons. The molecule has 0 unspecified atom stereocenters. The van der Waals surface area contributed by atoms with E-state index in [1.54, 1.807) is 0 Å². The highest BCUT2D eigenvalue weighted by Crippen LogP contribution is 2.23. The lowest BCUT2D eigenvalue weighted by atomic mass is 10.0. The van der Waals surface area contributed by atoms with Gasteiger partial charge in [0.05, 0.1) is 28.1 Å². The maximum atomic E-state index is 7.97. The number of nitrogens with one attached hydrogen (secondary N) is 1. The van der Waals surface area contributed by atoms with E-state index in [1.165, 1.54) is 5.56 Å². The minimum Gasteiger partial charge on any atom is -0.300 e. The van der Waals surface area contributed by atoms with E-state index in [1.807, 2.05) is 141 Å². The number of halogens is 1. The van der Waals surface area contributed by atoms with E-state index in [4.69, 9.17) is 22.0 Å². The fourth-order valence-corrected chi connectivity index (χ4v) is 5.65. The van der Waals surface area contributed by atoms with Crippen LogP contribution in [-0.4, -0.2) is 21.4 Å². The smallest absolute Gasteiger partial charge is 0.0781 e. The first-order chi connectivity index (χ1) is 24.9. The summed E-state index contributed by atoms with van der Waals surface area (Å²) in [7, 11) is 0. The summed E-state index contributed by atoms with van der Waals surface area (Å²) in [6.45, 7) is 4.09. The van der Waals surface area contributed by atoms with Gasteiger partial charge in [0, 0.05) is 39.3 Å². The van der Waals surface area contributed by atoms with Crippen LogP contribution in [-0.2, 0) is 0 Å². The largest absolute Gasteiger partial charge is 0.300 e. The Labute approximate surface area is 304 Å². The van der Waals surface area contributed by atoms with Crippen LogP contribution in [0.1, 0.15) is 33.4 Å². The highest BCUT2D eigenvalue weighted by Gasteiger charge is 2.07. The third kappa shape index (κ3) is 9.48. The number of pyridine rings is 2. The van der Waals surface area contributed by atoms with Gasteiger partial charge in [0.2, 0.25) is 0 Å². The molecule has 0 fully saturated rings. The Bertz CT molecular complexity index is 2270. The van der Waals surface area contributed by atoms with E-state index in [0.717, 1.165) is 66.0 Å². The van der Waals surface area contributed by atoms with Crippen LogP contribution in [0.5, 0.6) is 0 Å². The van der Waals surface area contributed by atoms with E-state index in [2.05, 4.69) is 65.4 Å². The first kappa shape index (κ1) is 34.6. The molecule has 0 aliphatic carbocycles. The minimum absolute atomic E-state index is 0.575. The van der Waals surface area contributed by atoms with Gasteiger partial charge in [-0.2, -0.15) is 0 Å². The number of fused-ring (bicyclic) bond motifs is 2. The summed E-state index contributed by atoms with van der Waals surface area (Å²) in [6.07, 6.45) is 3.74. The van der Waals surface area contributed by atoms with Crippen LogP contribution < -0.4 is 0 Å². The van der Waals surface area contributed by atoms with E-state index >= 15 is 0 Å². The molecule has 0 aliphatic heterocycles. The number of nitrogens with zero attached hydrogens (tertiary/aromatic N) is 3. The van der Waals surface area contributed by atoms with Gasteiger partial charge < -0.3 is 0 Å². The molecular weight excluding hydrogens is 644 g/mol. The van der Waals surface area contributed by atoms with E-state index in [0.29, 0.717) is 5.71 Å². The van der Waals surface area contributed by atoms with Crippen molar-refractivity contribution in [3.05, 3.63) is 221 Å². The van der Waals surface area contributed by atoms with Gasteiger partial charge in [0.15, 0.2) is 0 Å². The quantitative estimate of drug-likeness (QED) is 0.184. The van der Waals surface area contributed by atoms with Crippen molar-refractivity contribution < 1.29 is 0 Å². The number of hydrogen-bond donors (Lipinski definition) is 1. The van der Waals surface area contributed by atoms with Crippen LogP contribution in [0.4, 0.5) is 5.69 Å². The predicted octanol–water partition coefficient (Wildman–Crippen LogP) is 12.0. The number of hydrogen-bond acceptors (Lipinski definition) is 4. The second-order valence-corrected chi connectivity index (χ2v) is 12.5. The molecule has 1 N–H and O–H groups in total. The lowest BCUT2D eigenvalue weighted by molar-refractivity contribution is 1.33. The zero-order valence-corrected chi connectivity index (χ0v) is 29.3. The molecule has 2 heterocycles. The topological polar surface area (TPSA) is 62.0 Å². The molecule has 0 saturated carbocycles. The Morgan fingerprint density at radius 2 is 0.902 bits per heavy atom. The summed E-state index contributed by atoms with van der Waals surface area (Å²) >= 11 is 5.82. The van der Waals surface area contributed by atoms with Crippen LogP contribution >= 0.6 is 11.6 Å². The van der Waals surface area contributed by atoms with Gasteiger partial charge in [-0.3, -0.25) is 15.4 Å². The Hall–Kier alpha value is -6.23. The molecule has 8 rings (SSSR count). The Morgan fingerprint density at radius 3 is 1.37 bits per heavy atom. The second kappa shape index (κ2) is 16.9. The summed E-state index contributed by atoms with van der Waals surface area (Å²) in [6, 6.07) is 56.3. The third-order valence-corrected chi connectivity index (χ3v) is 8.28. The van der Waals surface area contributed by atoms with Crippen molar-refractivity contribution in [2.24, 2.45) is 4.99 Å². The van der Waals surface area contributed by atoms with Crippen LogP contribution in [0.15, 0.2) is 187 Å². The first-order valence-electron chi connectivity index (χ1n) is 16.7. The van der Waals surface area contributed by atoms with Crippen LogP contribution in [0.3, 0.4) is 0 Å². The molecule has 0 radical (unpaired) electrons. The van der Waals surface area contributed by atoms with E-state index in [-0.39, 0.29) is 0 Å². The molecule has 0 amide bonds. The molecule has 0 bridgehead atoms. The second-order valence-electron chi connectivity index (χ2n) is 12.0. The summed E-state index contributed by atoms with van der Waals surface area (Å²) < 4.78 is 0. The van der Waals surface area contributed by atoms with Crippen LogP contribution in [0, 0.1) is 19.3 Å². The molecule has 8 aromatic rings. The molecule has 0 spiro atoms. The standard InChI is InChI=1S/C23H18N2.C13H11N.C10H8ClN/c1-17-14-20-12-13-21(15-22(20)24-16-17)25-23(18-8-4-2-5-9-18)19-10-6-3-7-11-19;14-13(11-7-3-1-4-8-11)12-9-5-2-6-10-12;1-7-4-8-2-3-9(11)5-10(8)12-6-7/h2-16H,1H3;1-10,14H;2-6H,1H3. The summed E-state index contributed by atoms with van der Waals surface area (Å²) in [5.41, 5.74) is 10.8. The van der Waals surface area contributed by atoms with Crippen molar-refractivity contribution in [1.82, 2.24) is 9.97 Å². The van der Waals surface area contributed by atoms with Crippen molar-refractivity contribution in [3.63, 3.8) is 0 Å². The van der Waals surface area contributed by atoms with Gasteiger partial charge in [0.25, 0.3) is 0 Å². The fraction of sp³-hybridized carbons (Fsp3) is 0.0435. The molecule has 51 heavy (non-hydrogen) atoms. The van der Waals surface area contributed by atoms with Gasteiger partial charge in [-0.15, -0.1) is 0 Å². The number of aliphatic imine (C=N–C) groups is 1. The van der Waals surface area contributed by atoms with Gasteiger partial charge in [-0.05, 0) is 72.5 Å². The van der Waals surface area contributed by atoms with Gasteiger partial charge in [-0.1, -0.05) is 145 Å². The minimum atomic E-state index is 0.575. The van der Waals surface area contributed by atoms with E-state index in [9.17, 15) is 0 Å². The van der Waals surface area contributed by atoms with Crippen molar-refractivity contribution >= 4 is 50.5 Å². The lowest BCUT2D eigenvalue weighted by Crippen LogP contribution is -2.02. The lowest BCUT2D eigenvalue weighted by Gasteiger charge is -2.08. The predicted molar refractivity (Wildman–Crippen MR) is 215 cm³/mol. The molecule has 6 aromatic carbocycles. The monoisotopic (exact) mass is 680 g/mol. The first-order valence-corrected chi connectivity index (χ1v) is 17.1. The van der Waals surface area contributed by atoms with Crippen molar-refractivity contribution in [3.8, 4) is 0 Å². The summed E-state index contributed by atoms with van der Waals surface area (Å²) in [4.78, 5) is 13.7. The number of aromatic nitrogens is 2. The summed E-state index contributed by atoms with van der Waals surface area (Å²) in [5, 5.41) is 11.0. The van der Waals surface area contributed by atoms with Gasteiger partial charge in [0.1, 0.15) is 0 Å². The summed E-state index contributed by atoms with van der Waals surface area (Å²) in [5.74, 6) is 0. The number of benzene rings is 6. The SMILES string of the molecule is Cc1cnc2cc(Cl)ccc2c1.Cc1cnc2cc(N=C(c3ccccc3)c3ccccc3)ccc2c1.N=C(c1ccccc1)c1ccccc1. The van der Waals surface area contributed by atoms with Crippen molar-refractivity contribution in [1.29, 1.82) is 5.41 Å². The highest BCUT2D eigenvalue weighted by molar-refractivity contribution is 6.31. The fourth-order valence-electron chi connectivity index (χ4n) is 5.49. The zero-order valence-electron chi connectivity index (χ0n) is 28.5. The molecular formula is C46H37ClN4. The molecule has 5 heteroatoms. The average Bonchev–Trinajstić information content (AvgIpc) is 3.18. The normalized spacial score (nSPS) is 10.3. The number of rotatable bonds is 5. The van der Waals surface area contributed by atoms with Crippen LogP contribution in [0.2, 0.25) is 5.02 Å². The Morgan fingerprint density at radius 1 is 0.490 bits per heavy atom. The Balaban J connectivity index is 0.000000145. The van der Waals surface area contributed by atoms with Crippen molar-refractivity contribution in [2.75, 3.05) is 0 Å². The molecule has 0 atom stereocenters. The van der Waals surface area contributed by atoms with Gasteiger partial charge >= 0.3 is 0 Å². The molecule has 0 saturated heterocycles. The maximum Gasteiger partial charge on any atom is 0.0781 e. The highest BCUT2D eigenvalue weighted by atomic mass is 35.5. The number of aryl methyl sites for hydroxylation is 2. The van der Waals surface area contributed by atoms with E-state index < -0.39 is 0 Å². The van der Waals surface area contributed by atoms with Gasteiger partial charge in [-0.25, -0.2) is 4.99 Å². The Kier molecular flexibility index (Phi) is 11.5. The average molecular weight is 681 g/mol. The molecule has 4 nitrogen and oxygen atoms in total. The van der Waals surface area contributed by atoms with Crippen molar-refractivity contribution in [2.45, 2.75) is 13.8 Å².